The van der Waals surface area contributed by atoms with Gasteiger partial charge in [0.25, 0.3) is 0 Å². The molecule has 2 N–H and O–H groups in total. The molecule has 4 amide bonds. The molecular formula is C24H26ClFN4O3. The predicted molar refractivity (Wildman–Crippen MR) is 126 cm³/mol. The average molecular weight is 473 g/mol. The van der Waals surface area contributed by atoms with E-state index < -0.39 is 17.8 Å². The van der Waals surface area contributed by atoms with Crippen molar-refractivity contribution in [2.75, 3.05) is 35.2 Å². The molecule has 174 valence electrons. The lowest BCUT2D eigenvalue weighted by atomic mass is 10.1. The van der Waals surface area contributed by atoms with Gasteiger partial charge in [-0.15, -0.1) is 0 Å². The lowest BCUT2D eigenvalue weighted by Gasteiger charge is -2.27. The number of carbonyl (C=O) groups is 3. The number of halogens is 2. The summed E-state index contributed by atoms with van der Waals surface area (Å²) in [6.07, 6.45) is 4.19. The largest absolute Gasteiger partial charge is 0.322 e. The predicted octanol–water partition coefficient (Wildman–Crippen LogP) is 4.88. The summed E-state index contributed by atoms with van der Waals surface area (Å²) >= 11 is 5.88. The molecule has 2 aromatic carbocycles. The van der Waals surface area contributed by atoms with Crippen molar-refractivity contribution in [3.05, 3.63) is 53.3 Å². The van der Waals surface area contributed by atoms with Gasteiger partial charge in [0.15, 0.2) is 0 Å². The fraction of sp³-hybridized carbons (Fsp3) is 0.375. The Labute approximate surface area is 196 Å². The summed E-state index contributed by atoms with van der Waals surface area (Å²) in [6.45, 7) is 0.801. The van der Waals surface area contributed by atoms with Crippen LogP contribution >= 0.6 is 11.6 Å². The molecule has 9 heteroatoms. The average Bonchev–Trinajstić information content (AvgIpc) is 3.61. The minimum Gasteiger partial charge on any atom is -0.322 e. The Morgan fingerprint density at radius 3 is 2.52 bits per heavy atom. The molecule has 1 saturated carbocycles. The number of nitrogens with zero attached hydrogens (tertiary/aromatic N) is 2. The van der Waals surface area contributed by atoms with E-state index >= 15 is 0 Å². The molecule has 33 heavy (non-hydrogen) atoms. The standard InChI is InChI=1S/C24H26ClFN4O3/c25-17-6-8-18(9-7-17)27-24(33)29(14-16-4-5-16)15-22(31)28-21-11-10-19(13-20(21)26)30-12-2-1-3-23(30)32/h6-11,13,16H,1-5,12,14-15H2,(H,27,33)(H,28,31). The maximum atomic E-state index is 14.7. The van der Waals surface area contributed by atoms with E-state index in [1.807, 2.05) is 0 Å². The van der Waals surface area contributed by atoms with Gasteiger partial charge in [0, 0.05) is 35.9 Å². The number of nitrogens with one attached hydrogen (secondary N) is 2. The fourth-order valence-corrected chi connectivity index (χ4v) is 3.91. The highest BCUT2D eigenvalue weighted by atomic mass is 35.5. The highest BCUT2D eigenvalue weighted by Crippen LogP contribution is 2.30. The topological polar surface area (TPSA) is 81.8 Å². The quantitative estimate of drug-likeness (QED) is 0.602. The molecule has 0 bridgehead atoms. The summed E-state index contributed by atoms with van der Waals surface area (Å²) in [5.74, 6) is -0.784. The molecule has 1 heterocycles. The molecule has 0 atom stereocenters. The summed E-state index contributed by atoms with van der Waals surface area (Å²) in [5, 5.41) is 5.87. The van der Waals surface area contributed by atoms with Gasteiger partial charge in [-0.25, -0.2) is 9.18 Å². The van der Waals surface area contributed by atoms with Gasteiger partial charge in [-0.05, 0) is 74.1 Å². The number of carbonyl (C=O) groups excluding carboxylic acids is 3. The molecule has 7 nitrogen and oxygen atoms in total. The minimum atomic E-state index is -0.626. The number of rotatable bonds is 7. The van der Waals surface area contributed by atoms with Crippen molar-refractivity contribution in [1.29, 1.82) is 0 Å². The summed E-state index contributed by atoms with van der Waals surface area (Å²) in [6, 6.07) is 10.6. The van der Waals surface area contributed by atoms with E-state index in [1.165, 1.54) is 17.0 Å². The highest BCUT2D eigenvalue weighted by molar-refractivity contribution is 6.30. The second-order valence-corrected chi connectivity index (χ2v) is 8.91. The van der Waals surface area contributed by atoms with E-state index in [4.69, 9.17) is 11.6 Å². The van der Waals surface area contributed by atoms with Crippen LogP contribution in [0.3, 0.4) is 0 Å². The number of amides is 4. The lowest BCUT2D eigenvalue weighted by Crippen LogP contribution is -2.41. The molecule has 0 radical (unpaired) electrons. The third kappa shape index (κ3) is 6.22. The number of urea groups is 1. The Bertz CT molecular complexity index is 1040. The van der Waals surface area contributed by atoms with Crippen molar-refractivity contribution in [3.8, 4) is 0 Å². The Balaban J connectivity index is 1.39. The second-order valence-electron chi connectivity index (χ2n) is 8.48. The first-order valence-electron chi connectivity index (χ1n) is 11.1. The van der Waals surface area contributed by atoms with Crippen LogP contribution in [0.1, 0.15) is 32.1 Å². The summed E-state index contributed by atoms with van der Waals surface area (Å²) in [5.41, 5.74) is 1.06. The van der Waals surface area contributed by atoms with Crippen molar-refractivity contribution >= 4 is 46.5 Å². The fourth-order valence-electron chi connectivity index (χ4n) is 3.78. The molecular weight excluding hydrogens is 447 g/mol. The summed E-state index contributed by atoms with van der Waals surface area (Å²) in [4.78, 5) is 40.5. The smallest absolute Gasteiger partial charge is 0.322 e. The maximum absolute atomic E-state index is 14.7. The van der Waals surface area contributed by atoms with Crippen molar-refractivity contribution in [3.63, 3.8) is 0 Å². The van der Waals surface area contributed by atoms with Gasteiger partial charge >= 0.3 is 6.03 Å². The minimum absolute atomic E-state index is 0.0117. The molecule has 2 aromatic rings. The summed E-state index contributed by atoms with van der Waals surface area (Å²) in [7, 11) is 0. The van der Waals surface area contributed by atoms with Gasteiger partial charge in [-0.1, -0.05) is 11.6 Å². The van der Waals surface area contributed by atoms with Crippen LogP contribution in [0, 0.1) is 11.7 Å². The second kappa shape index (κ2) is 10.2. The normalized spacial score (nSPS) is 15.8. The van der Waals surface area contributed by atoms with E-state index in [-0.39, 0.29) is 18.1 Å². The van der Waals surface area contributed by atoms with Crippen LogP contribution in [-0.2, 0) is 9.59 Å². The van der Waals surface area contributed by atoms with Gasteiger partial charge in [-0.2, -0.15) is 0 Å². The molecule has 2 fully saturated rings. The van der Waals surface area contributed by atoms with Crippen LogP contribution in [-0.4, -0.2) is 42.4 Å². The molecule has 1 saturated heterocycles. The van der Waals surface area contributed by atoms with Crippen molar-refractivity contribution in [2.45, 2.75) is 32.1 Å². The van der Waals surface area contributed by atoms with Crippen LogP contribution in [0.4, 0.5) is 26.2 Å². The Morgan fingerprint density at radius 2 is 1.85 bits per heavy atom. The summed E-state index contributed by atoms with van der Waals surface area (Å²) < 4.78 is 14.7. The van der Waals surface area contributed by atoms with Gasteiger partial charge in [0.1, 0.15) is 12.4 Å². The van der Waals surface area contributed by atoms with Crippen LogP contribution in [0.2, 0.25) is 5.02 Å². The Morgan fingerprint density at radius 1 is 1.09 bits per heavy atom. The Hall–Kier alpha value is -3.13. The highest BCUT2D eigenvalue weighted by Gasteiger charge is 2.28. The van der Waals surface area contributed by atoms with E-state index in [0.717, 1.165) is 25.7 Å². The first kappa shape index (κ1) is 23.0. The maximum Gasteiger partial charge on any atom is 0.322 e. The number of benzene rings is 2. The van der Waals surface area contributed by atoms with Gasteiger partial charge in [-0.3, -0.25) is 9.59 Å². The third-order valence-electron chi connectivity index (χ3n) is 5.75. The number of anilines is 3. The number of piperidine rings is 1. The molecule has 0 aromatic heterocycles. The van der Waals surface area contributed by atoms with Crippen LogP contribution in [0.5, 0.6) is 0 Å². The monoisotopic (exact) mass is 472 g/mol. The van der Waals surface area contributed by atoms with Crippen molar-refractivity contribution in [1.82, 2.24) is 4.90 Å². The SMILES string of the molecule is O=C(CN(CC1CC1)C(=O)Nc1ccc(Cl)cc1)Nc1ccc(N2CCCCC2=O)cc1F. The van der Waals surface area contributed by atoms with Crippen LogP contribution < -0.4 is 15.5 Å². The number of hydrogen-bond acceptors (Lipinski definition) is 3. The van der Waals surface area contributed by atoms with E-state index in [9.17, 15) is 18.8 Å². The van der Waals surface area contributed by atoms with Crippen LogP contribution in [0.25, 0.3) is 0 Å². The van der Waals surface area contributed by atoms with Gasteiger partial charge in [0.2, 0.25) is 11.8 Å². The lowest BCUT2D eigenvalue weighted by molar-refractivity contribution is -0.119. The third-order valence-corrected chi connectivity index (χ3v) is 6.01. The van der Waals surface area contributed by atoms with Crippen molar-refractivity contribution < 1.29 is 18.8 Å². The zero-order chi connectivity index (χ0) is 23.4. The molecule has 0 unspecified atom stereocenters. The van der Waals surface area contributed by atoms with E-state index in [2.05, 4.69) is 10.6 Å². The molecule has 1 aliphatic carbocycles. The van der Waals surface area contributed by atoms with Gasteiger partial charge < -0.3 is 20.4 Å². The van der Waals surface area contributed by atoms with Gasteiger partial charge in [0.05, 0.1) is 5.69 Å². The molecule has 1 aliphatic heterocycles. The van der Waals surface area contributed by atoms with E-state index in [0.29, 0.717) is 41.8 Å². The molecule has 0 spiro atoms. The zero-order valence-electron chi connectivity index (χ0n) is 18.2. The molecule has 2 aliphatic rings. The first-order chi connectivity index (χ1) is 15.9. The number of hydrogen-bond donors (Lipinski definition) is 2. The first-order valence-corrected chi connectivity index (χ1v) is 11.5. The van der Waals surface area contributed by atoms with Crippen LogP contribution in [0.15, 0.2) is 42.5 Å². The Kier molecular flexibility index (Phi) is 7.13. The molecule has 4 rings (SSSR count). The van der Waals surface area contributed by atoms with E-state index in [1.54, 1.807) is 35.2 Å². The zero-order valence-corrected chi connectivity index (χ0v) is 18.9. The van der Waals surface area contributed by atoms with Crippen molar-refractivity contribution in [2.24, 2.45) is 5.92 Å².